The number of methoxy groups -OCH3 is 1. The van der Waals surface area contributed by atoms with Crippen molar-refractivity contribution >= 4 is 33.9 Å². The maximum absolute atomic E-state index is 13.3. The summed E-state index contributed by atoms with van der Waals surface area (Å²) in [6, 6.07) is 11.7. The van der Waals surface area contributed by atoms with Gasteiger partial charge in [-0.1, -0.05) is 18.2 Å². The van der Waals surface area contributed by atoms with Gasteiger partial charge in [0.1, 0.15) is 16.9 Å². The van der Waals surface area contributed by atoms with Crippen molar-refractivity contribution in [2.45, 2.75) is 12.6 Å². The van der Waals surface area contributed by atoms with E-state index in [0.717, 1.165) is 12.1 Å². The third-order valence-corrected chi connectivity index (χ3v) is 4.97. The van der Waals surface area contributed by atoms with Crippen LogP contribution in [0.1, 0.15) is 22.3 Å². The van der Waals surface area contributed by atoms with E-state index < -0.39 is 17.6 Å². The number of benzene rings is 2. The van der Waals surface area contributed by atoms with Crippen molar-refractivity contribution in [3.63, 3.8) is 0 Å². The summed E-state index contributed by atoms with van der Waals surface area (Å²) in [5.74, 6) is -0.530. The summed E-state index contributed by atoms with van der Waals surface area (Å²) in [6.45, 7) is 0.801. The number of carbonyl (C=O) groups excluding carboxylic acids is 1. The highest BCUT2D eigenvalue weighted by molar-refractivity contribution is 6.11. The van der Waals surface area contributed by atoms with Crippen LogP contribution in [0, 0.1) is 0 Å². The Bertz CT molecular complexity index is 1300. The number of hydrogen-bond acceptors (Lipinski definition) is 5. The lowest BCUT2D eigenvalue weighted by atomic mass is 10.2. The number of carbonyl (C=O) groups is 1. The van der Waals surface area contributed by atoms with Gasteiger partial charge >= 0.3 is 6.18 Å². The molecule has 1 amide bonds. The quantitative estimate of drug-likeness (QED) is 0.440. The fourth-order valence-corrected chi connectivity index (χ4v) is 3.47. The molecule has 2 heterocycles. The van der Waals surface area contributed by atoms with Gasteiger partial charge in [-0.2, -0.15) is 13.2 Å². The normalized spacial score (nSPS) is 11.9. The third-order valence-electron chi connectivity index (χ3n) is 4.97. The topological polar surface area (TPSA) is 95.1 Å². The molecule has 0 atom stereocenters. The molecule has 0 aliphatic carbocycles. The fraction of sp³-hybridized carbons (Fsp3) is 0.227. The molecular formula is C22H20F3N5O2. The minimum atomic E-state index is -4.53. The Morgan fingerprint density at radius 2 is 1.84 bits per heavy atom. The van der Waals surface area contributed by atoms with Gasteiger partial charge in [-0.15, -0.1) is 0 Å². The molecule has 0 unspecified atom stereocenters. The molecule has 0 radical (unpaired) electrons. The summed E-state index contributed by atoms with van der Waals surface area (Å²) in [5, 5.41) is 2.76. The summed E-state index contributed by atoms with van der Waals surface area (Å²) in [5.41, 5.74) is 7.14. The number of aromatic nitrogens is 3. The maximum Gasteiger partial charge on any atom is 0.416 e. The van der Waals surface area contributed by atoms with Crippen LogP contribution in [-0.4, -0.2) is 40.7 Å². The number of hydrogen-bond donors (Lipinski definition) is 2. The second-order valence-electron chi connectivity index (χ2n) is 7.13. The highest BCUT2D eigenvalue weighted by Gasteiger charge is 2.31. The number of para-hydroxylation sites is 2. The molecule has 0 aliphatic rings. The molecule has 0 aliphatic heterocycles. The van der Waals surface area contributed by atoms with Crippen LogP contribution in [0.2, 0.25) is 0 Å². The summed E-state index contributed by atoms with van der Waals surface area (Å²) in [7, 11) is 1.56. The molecule has 0 bridgehead atoms. The molecule has 0 saturated heterocycles. The predicted octanol–water partition coefficient (Wildman–Crippen LogP) is 3.94. The second-order valence-corrected chi connectivity index (χ2v) is 7.13. The smallest absolute Gasteiger partial charge is 0.385 e. The predicted molar refractivity (Wildman–Crippen MR) is 115 cm³/mol. The number of nitrogens with two attached hydrogens (primary N) is 1. The fourth-order valence-electron chi connectivity index (χ4n) is 3.47. The van der Waals surface area contributed by atoms with Crippen LogP contribution >= 0.6 is 0 Å². The summed E-state index contributed by atoms with van der Waals surface area (Å²) in [4.78, 5) is 22.1. The van der Waals surface area contributed by atoms with E-state index in [1.54, 1.807) is 31.4 Å². The van der Waals surface area contributed by atoms with Gasteiger partial charge in [-0.25, -0.2) is 9.97 Å². The number of alkyl halides is 3. The SMILES string of the molecule is COCCCNC(=O)c1c(N)n(-c2cccc(C(F)(F)F)c2)c2nc3ccccc3nc12. The molecule has 4 aromatic rings. The molecule has 32 heavy (non-hydrogen) atoms. The van der Waals surface area contributed by atoms with E-state index >= 15 is 0 Å². The molecule has 0 saturated carbocycles. The summed E-state index contributed by atoms with van der Waals surface area (Å²) < 4.78 is 46.2. The minimum Gasteiger partial charge on any atom is -0.385 e. The molecule has 2 aromatic carbocycles. The average molecular weight is 443 g/mol. The van der Waals surface area contributed by atoms with Crippen molar-refractivity contribution in [1.82, 2.24) is 19.9 Å². The van der Waals surface area contributed by atoms with Crippen LogP contribution in [0.5, 0.6) is 0 Å². The first kappa shape index (κ1) is 21.6. The highest BCUT2D eigenvalue weighted by Crippen LogP contribution is 2.34. The summed E-state index contributed by atoms with van der Waals surface area (Å²) in [6.07, 6.45) is -3.95. The molecule has 0 spiro atoms. The average Bonchev–Trinajstić information content (AvgIpc) is 3.05. The van der Waals surface area contributed by atoms with Crippen LogP contribution in [0.4, 0.5) is 19.0 Å². The number of fused-ring (bicyclic) bond motifs is 2. The van der Waals surface area contributed by atoms with Gasteiger partial charge in [0.05, 0.1) is 16.6 Å². The van der Waals surface area contributed by atoms with Gasteiger partial charge in [0.25, 0.3) is 5.91 Å². The Balaban J connectivity index is 1.92. The van der Waals surface area contributed by atoms with E-state index in [4.69, 9.17) is 10.5 Å². The van der Waals surface area contributed by atoms with Crippen molar-refractivity contribution in [1.29, 1.82) is 0 Å². The first-order chi connectivity index (χ1) is 15.3. The molecule has 2 aromatic heterocycles. The molecule has 4 rings (SSSR count). The van der Waals surface area contributed by atoms with Gasteiger partial charge in [-0.3, -0.25) is 9.36 Å². The number of halogens is 3. The molecule has 3 N–H and O–H groups in total. The molecule has 0 fully saturated rings. The zero-order valence-electron chi connectivity index (χ0n) is 17.1. The van der Waals surface area contributed by atoms with Crippen molar-refractivity contribution in [2.24, 2.45) is 0 Å². The van der Waals surface area contributed by atoms with E-state index in [1.165, 1.54) is 16.7 Å². The first-order valence-electron chi connectivity index (χ1n) is 9.82. The molecule has 7 nitrogen and oxygen atoms in total. The second kappa shape index (κ2) is 8.46. The Morgan fingerprint density at radius 1 is 1.12 bits per heavy atom. The molecular weight excluding hydrogens is 423 g/mol. The van der Waals surface area contributed by atoms with Crippen molar-refractivity contribution in [3.8, 4) is 5.69 Å². The highest BCUT2D eigenvalue weighted by atomic mass is 19.4. The van der Waals surface area contributed by atoms with E-state index in [0.29, 0.717) is 30.6 Å². The third kappa shape index (κ3) is 3.96. The van der Waals surface area contributed by atoms with Crippen LogP contribution in [0.3, 0.4) is 0 Å². The number of nitrogens with zero attached hydrogens (tertiary/aromatic N) is 3. The van der Waals surface area contributed by atoms with E-state index in [2.05, 4.69) is 15.3 Å². The lowest BCUT2D eigenvalue weighted by Gasteiger charge is -2.12. The maximum atomic E-state index is 13.3. The van der Waals surface area contributed by atoms with Gasteiger partial charge in [0.15, 0.2) is 5.65 Å². The number of amides is 1. The van der Waals surface area contributed by atoms with Gasteiger partial charge < -0.3 is 15.8 Å². The molecule has 10 heteroatoms. The zero-order chi connectivity index (χ0) is 22.9. The largest absolute Gasteiger partial charge is 0.416 e. The van der Waals surface area contributed by atoms with Crippen molar-refractivity contribution < 1.29 is 22.7 Å². The van der Waals surface area contributed by atoms with Gasteiger partial charge in [0.2, 0.25) is 0 Å². The van der Waals surface area contributed by atoms with Gasteiger partial charge in [-0.05, 0) is 36.8 Å². The van der Waals surface area contributed by atoms with Crippen LogP contribution in [0.25, 0.3) is 27.9 Å². The lowest BCUT2D eigenvalue weighted by Crippen LogP contribution is -2.26. The Labute approximate surface area is 181 Å². The van der Waals surface area contributed by atoms with E-state index in [1.807, 2.05) is 0 Å². The number of rotatable bonds is 6. The number of anilines is 1. The van der Waals surface area contributed by atoms with Crippen LogP contribution in [-0.2, 0) is 10.9 Å². The Morgan fingerprint density at radius 3 is 2.53 bits per heavy atom. The van der Waals surface area contributed by atoms with E-state index in [-0.39, 0.29) is 28.2 Å². The van der Waals surface area contributed by atoms with Crippen LogP contribution in [0.15, 0.2) is 48.5 Å². The monoisotopic (exact) mass is 443 g/mol. The zero-order valence-corrected chi connectivity index (χ0v) is 17.1. The minimum absolute atomic E-state index is 0.0427. The number of ether oxygens (including phenoxy) is 1. The van der Waals surface area contributed by atoms with Crippen molar-refractivity contribution in [3.05, 3.63) is 59.7 Å². The lowest BCUT2D eigenvalue weighted by molar-refractivity contribution is -0.137. The Hall–Kier alpha value is -3.66. The standard InChI is InChI=1S/C22H20F3N5O2/c1-32-11-5-10-27-21(31)17-18-20(29-16-9-3-2-8-15(16)28-18)30(19(17)26)14-7-4-6-13(12-14)22(23,24)25/h2-4,6-9,12H,5,10-11,26H2,1H3,(H,27,31). The van der Waals surface area contributed by atoms with Crippen molar-refractivity contribution in [2.75, 3.05) is 26.0 Å². The first-order valence-corrected chi connectivity index (χ1v) is 9.82. The summed E-state index contributed by atoms with van der Waals surface area (Å²) >= 11 is 0. The van der Waals surface area contributed by atoms with Crippen LogP contribution < -0.4 is 11.1 Å². The van der Waals surface area contributed by atoms with Gasteiger partial charge in [0, 0.05) is 25.9 Å². The number of nitrogen functional groups attached to an aromatic ring is 1. The molecule has 166 valence electrons. The number of nitrogens with one attached hydrogen (secondary N) is 1. The Kier molecular flexibility index (Phi) is 5.70. The van der Waals surface area contributed by atoms with E-state index in [9.17, 15) is 18.0 Å².